The molecule has 24 heavy (non-hydrogen) atoms. The van der Waals surface area contributed by atoms with E-state index in [1.165, 1.54) is 11.8 Å². The van der Waals surface area contributed by atoms with Crippen LogP contribution in [0.1, 0.15) is 17.5 Å². The van der Waals surface area contributed by atoms with Crippen LogP contribution in [0.25, 0.3) is 0 Å². The lowest BCUT2D eigenvalue weighted by Gasteiger charge is -2.25. The third kappa shape index (κ3) is 3.62. The van der Waals surface area contributed by atoms with Crippen LogP contribution in [0, 0.1) is 6.92 Å². The summed E-state index contributed by atoms with van der Waals surface area (Å²) in [6, 6.07) is 15.7. The van der Waals surface area contributed by atoms with E-state index in [0.717, 1.165) is 21.7 Å². The molecule has 1 N–H and O–H groups in total. The largest absolute Gasteiger partial charge is 0.341 e. The first-order chi connectivity index (χ1) is 11.5. The SMILES string of the molecule is Cc1ccccc1CN(C)C(=O)C[C@H]1Sc2ccccc2NC1=O. The Morgan fingerprint density at radius 3 is 2.67 bits per heavy atom. The average Bonchev–Trinajstić information content (AvgIpc) is 2.57. The highest BCUT2D eigenvalue weighted by atomic mass is 32.2. The highest BCUT2D eigenvalue weighted by Crippen LogP contribution is 2.36. The summed E-state index contributed by atoms with van der Waals surface area (Å²) in [6.45, 7) is 2.59. The molecule has 2 aromatic carbocycles. The normalized spacial score (nSPS) is 16.2. The Kier molecular flexibility index (Phi) is 4.90. The quantitative estimate of drug-likeness (QED) is 0.927. The van der Waals surface area contributed by atoms with Gasteiger partial charge in [-0.25, -0.2) is 0 Å². The van der Waals surface area contributed by atoms with Crippen molar-refractivity contribution in [2.75, 3.05) is 12.4 Å². The maximum atomic E-state index is 12.5. The molecule has 0 radical (unpaired) electrons. The summed E-state index contributed by atoms with van der Waals surface area (Å²) in [4.78, 5) is 27.4. The van der Waals surface area contributed by atoms with Crippen LogP contribution in [0.3, 0.4) is 0 Å². The van der Waals surface area contributed by atoms with Crippen LogP contribution >= 0.6 is 11.8 Å². The third-order valence-corrected chi connectivity index (χ3v) is 5.44. The van der Waals surface area contributed by atoms with Gasteiger partial charge in [-0.05, 0) is 30.2 Å². The first-order valence-electron chi connectivity index (χ1n) is 7.89. The van der Waals surface area contributed by atoms with Crippen LogP contribution in [0.2, 0.25) is 0 Å². The number of carbonyl (C=O) groups excluding carboxylic acids is 2. The number of nitrogens with zero attached hydrogens (tertiary/aromatic N) is 1. The smallest absolute Gasteiger partial charge is 0.238 e. The first kappa shape index (κ1) is 16.6. The highest BCUT2D eigenvalue weighted by molar-refractivity contribution is 8.01. The summed E-state index contributed by atoms with van der Waals surface area (Å²) >= 11 is 1.46. The first-order valence-corrected chi connectivity index (χ1v) is 8.77. The molecule has 124 valence electrons. The minimum atomic E-state index is -0.383. The van der Waals surface area contributed by atoms with Crippen molar-refractivity contribution in [1.29, 1.82) is 0 Å². The van der Waals surface area contributed by atoms with E-state index in [9.17, 15) is 9.59 Å². The molecule has 0 saturated carbocycles. The van der Waals surface area contributed by atoms with E-state index in [-0.39, 0.29) is 23.5 Å². The van der Waals surface area contributed by atoms with Crippen molar-refractivity contribution in [3.63, 3.8) is 0 Å². The molecule has 1 atom stereocenters. The summed E-state index contributed by atoms with van der Waals surface area (Å²) in [7, 11) is 1.79. The van der Waals surface area contributed by atoms with Crippen molar-refractivity contribution in [1.82, 2.24) is 4.90 Å². The topological polar surface area (TPSA) is 49.4 Å². The standard InChI is InChI=1S/C19H20N2O2S/c1-13-7-3-4-8-14(13)12-21(2)18(22)11-17-19(23)20-15-9-5-6-10-16(15)24-17/h3-10,17H,11-12H2,1-2H3,(H,20,23)/t17-/m1/s1. The van der Waals surface area contributed by atoms with E-state index >= 15 is 0 Å². The maximum Gasteiger partial charge on any atom is 0.238 e. The van der Waals surface area contributed by atoms with Crippen molar-refractivity contribution in [2.24, 2.45) is 0 Å². The predicted molar refractivity (Wildman–Crippen MR) is 97.0 cm³/mol. The molecule has 2 amide bonds. The van der Waals surface area contributed by atoms with Gasteiger partial charge in [0.25, 0.3) is 0 Å². The second-order valence-electron chi connectivity index (χ2n) is 5.97. The molecule has 3 rings (SSSR count). The van der Waals surface area contributed by atoms with E-state index in [1.807, 2.05) is 55.5 Å². The number of aryl methyl sites for hydroxylation is 1. The summed E-state index contributed by atoms with van der Waals surface area (Å²) in [5.74, 6) is -0.123. The molecule has 0 aromatic heterocycles. The van der Waals surface area contributed by atoms with Gasteiger partial charge in [0.1, 0.15) is 0 Å². The summed E-state index contributed by atoms with van der Waals surface area (Å²) < 4.78 is 0. The van der Waals surface area contributed by atoms with E-state index in [0.29, 0.717) is 6.54 Å². The Bertz CT molecular complexity index is 775. The van der Waals surface area contributed by atoms with Crippen molar-refractivity contribution in [2.45, 2.75) is 30.0 Å². The second-order valence-corrected chi connectivity index (χ2v) is 7.22. The average molecular weight is 340 g/mol. The highest BCUT2D eigenvalue weighted by Gasteiger charge is 2.29. The van der Waals surface area contributed by atoms with Crippen molar-refractivity contribution in [3.8, 4) is 0 Å². The zero-order chi connectivity index (χ0) is 17.1. The number of anilines is 1. The molecule has 1 aliphatic heterocycles. The van der Waals surface area contributed by atoms with Crippen LogP contribution in [0.4, 0.5) is 5.69 Å². The lowest BCUT2D eigenvalue weighted by molar-refractivity contribution is -0.131. The lowest BCUT2D eigenvalue weighted by atomic mass is 10.1. The zero-order valence-electron chi connectivity index (χ0n) is 13.8. The molecular formula is C19H20N2O2S. The molecule has 0 spiro atoms. The van der Waals surface area contributed by atoms with Gasteiger partial charge < -0.3 is 10.2 Å². The van der Waals surface area contributed by atoms with Crippen molar-refractivity contribution < 1.29 is 9.59 Å². The fourth-order valence-corrected chi connectivity index (χ4v) is 3.77. The van der Waals surface area contributed by atoms with Crippen LogP contribution < -0.4 is 5.32 Å². The van der Waals surface area contributed by atoms with Gasteiger partial charge in [0.2, 0.25) is 11.8 Å². The number of nitrogens with one attached hydrogen (secondary N) is 1. The molecule has 4 nitrogen and oxygen atoms in total. The molecule has 1 aliphatic rings. The number of carbonyl (C=O) groups is 2. The predicted octanol–water partition coefficient (Wildman–Crippen LogP) is 3.46. The molecule has 5 heteroatoms. The lowest BCUT2D eigenvalue weighted by Crippen LogP contribution is -2.35. The van der Waals surface area contributed by atoms with E-state index < -0.39 is 0 Å². The molecule has 1 heterocycles. The van der Waals surface area contributed by atoms with Crippen LogP contribution in [-0.4, -0.2) is 29.0 Å². The van der Waals surface area contributed by atoms with Gasteiger partial charge in [-0.15, -0.1) is 11.8 Å². The van der Waals surface area contributed by atoms with Crippen molar-refractivity contribution in [3.05, 3.63) is 59.7 Å². The molecule has 0 unspecified atom stereocenters. The van der Waals surface area contributed by atoms with Crippen molar-refractivity contribution >= 4 is 29.3 Å². The van der Waals surface area contributed by atoms with Crippen LogP contribution in [0.15, 0.2) is 53.4 Å². The number of thioether (sulfide) groups is 1. The number of hydrogen-bond donors (Lipinski definition) is 1. The van der Waals surface area contributed by atoms with Gasteiger partial charge in [0, 0.05) is 24.9 Å². The number of benzene rings is 2. The Labute approximate surface area is 146 Å². The molecule has 0 fully saturated rings. The maximum absolute atomic E-state index is 12.5. The fraction of sp³-hybridized carbons (Fsp3) is 0.263. The van der Waals surface area contributed by atoms with E-state index in [2.05, 4.69) is 5.32 Å². The van der Waals surface area contributed by atoms with Crippen LogP contribution in [0.5, 0.6) is 0 Å². The number of fused-ring (bicyclic) bond motifs is 1. The molecule has 0 aliphatic carbocycles. The summed E-state index contributed by atoms with van der Waals surface area (Å²) in [6.07, 6.45) is 0.202. The summed E-state index contributed by atoms with van der Waals surface area (Å²) in [5, 5.41) is 2.50. The molecular weight excluding hydrogens is 320 g/mol. The monoisotopic (exact) mass is 340 g/mol. The Morgan fingerprint density at radius 1 is 1.17 bits per heavy atom. The number of rotatable bonds is 4. The van der Waals surface area contributed by atoms with Gasteiger partial charge in [-0.2, -0.15) is 0 Å². The van der Waals surface area contributed by atoms with Gasteiger partial charge in [-0.1, -0.05) is 36.4 Å². The molecule has 0 bridgehead atoms. The molecule has 0 saturated heterocycles. The Balaban J connectivity index is 1.64. The van der Waals surface area contributed by atoms with Gasteiger partial charge >= 0.3 is 0 Å². The minimum Gasteiger partial charge on any atom is -0.341 e. The Morgan fingerprint density at radius 2 is 1.88 bits per heavy atom. The summed E-state index contributed by atoms with van der Waals surface area (Å²) in [5.41, 5.74) is 3.11. The minimum absolute atomic E-state index is 0.0229. The van der Waals surface area contributed by atoms with Gasteiger partial charge in [-0.3, -0.25) is 9.59 Å². The zero-order valence-corrected chi connectivity index (χ0v) is 14.6. The van der Waals surface area contributed by atoms with Gasteiger partial charge in [0.15, 0.2) is 0 Å². The van der Waals surface area contributed by atoms with Gasteiger partial charge in [0.05, 0.1) is 10.9 Å². The van der Waals surface area contributed by atoms with E-state index in [4.69, 9.17) is 0 Å². The number of hydrogen-bond acceptors (Lipinski definition) is 3. The molecule has 2 aromatic rings. The number of amides is 2. The number of para-hydroxylation sites is 1. The third-order valence-electron chi connectivity index (χ3n) is 4.16. The second kappa shape index (κ2) is 7.09. The fourth-order valence-electron chi connectivity index (χ4n) is 2.67. The van der Waals surface area contributed by atoms with E-state index in [1.54, 1.807) is 11.9 Å². The van der Waals surface area contributed by atoms with Crippen LogP contribution in [-0.2, 0) is 16.1 Å². The Hall–Kier alpha value is -2.27.